The Balaban J connectivity index is 1.36. The summed E-state index contributed by atoms with van der Waals surface area (Å²) >= 11 is 0. The predicted octanol–water partition coefficient (Wildman–Crippen LogP) is 3.77. The fourth-order valence-corrected chi connectivity index (χ4v) is 4.44. The molecule has 2 amide bonds. The van der Waals surface area contributed by atoms with E-state index in [2.05, 4.69) is 10.6 Å². The summed E-state index contributed by atoms with van der Waals surface area (Å²) in [5.41, 5.74) is 0.911. The van der Waals surface area contributed by atoms with Gasteiger partial charge in [-0.15, -0.1) is 0 Å². The molecule has 5 rings (SSSR count). The molecule has 0 spiro atoms. The largest absolute Gasteiger partial charge is 0.494 e. The third-order valence-electron chi connectivity index (χ3n) is 6.44. The number of nitrogens with one attached hydrogen (secondary N) is 2. The first-order chi connectivity index (χ1) is 19.9. The Bertz CT molecular complexity index is 1790. The molecule has 208 valence electrons. The highest BCUT2D eigenvalue weighted by molar-refractivity contribution is 5.94. The van der Waals surface area contributed by atoms with Crippen molar-refractivity contribution in [1.82, 2.24) is 14.5 Å². The third-order valence-corrected chi connectivity index (χ3v) is 6.44. The van der Waals surface area contributed by atoms with E-state index in [-0.39, 0.29) is 25.5 Å². The van der Waals surface area contributed by atoms with Crippen molar-refractivity contribution in [3.63, 3.8) is 0 Å². The summed E-state index contributed by atoms with van der Waals surface area (Å²) in [6, 6.07) is 23.7. The Morgan fingerprint density at radius 2 is 1.63 bits per heavy atom. The number of fused-ring (bicyclic) bond motifs is 1. The van der Waals surface area contributed by atoms with Crippen LogP contribution in [0.5, 0.6) is 5.75 Å². The minimum Gasteiger partial charge on any atom is -0.494 e. The predicted molar refractivity (Wildman–Crippen MR) is 154 cm³/mol. The normalized spacial score (nSPS) is 10.9. The summed E-state index contributed by atoms with van der Waals surface area (Å²) < 4.78 is 13.0. The molecule has 0 saturated carbocycles. The summed E-state index contributed by atoms with van der Waals surface area (Å²) in [7, 11) is 0. The Labute approximate surface area is 234 Å². The van der Waals surface area contributed by atoms with Gasteiger partial charge in [0.05, 0.1) is 36.9 Å². The molecule has 0 aliphatic rings. The smallest absolute Gasteiger partial charge is 0.332 e. The van der Waals surface area contributed by atoms with Crippen LogP contribution in [-0.4, -0.2) is 27.6 Å². The maximum absolute atomic E-state index is 13.5. The van der Waals surface area contributed by atoms with Crippen LogP contribution in [0, 0.1) is 0 Å². The zero-order valence-corrected chi connectivity index (χ0v) is 22.3. The van der Waals surface area contributed by atoms with Gasteiger partial charge in [0.2, 0.25) is 5.91 Å². The first-order valence-electron chi connectivity index (χ1n) is 13.1. The molecule has 0 saturated heterocycles. The molecule has 0 bridgehead atoms. The zero-order chi connectivity index (χ0) is 28.8. The average Bonchev–Trinajstić information content (AvgIpc) is 3.52. The molecule has 10 heteroatoms. The van der Waals surface area contributed by atoms with Gasteiger partial charge in [-0.05, 0) is 73.2 Å². The Hall–Kier alpha value is -5.38. The second kappa shape index (κ2) is 12.2. The number of rotatable bonds is 10. The van der Waals surface area contributed by atoms with Gasteiger partial charge >= 0.3 is 5.69 Å². The fourth-order valence-electron chi connectivity index (χ4n) is 4.44. The van der Waals surface area contributed by atoms with Crippen LogP contribution in [0.25, 0.3) is 10.9 Å². The van der Waals surface area contributed by atoms with Crippen LogP contribution in [0.15, 0.2) is 105 Å². The van der Waals surface area contributed by atoms with Crippen molar-refractivity contribution in [2.75, 3.05) is 11.9 Å². The lowest BCUT2D eigenvalue weighted by atomic mass is 10.1. The highest BCUT2D eigenvalue weighted by atomic mass is 16.5. The van der Waals surface area contributed by atoms with Crippen LogP contribution >= 0.6 is 0 Å². The third kappa shape index (κ3) is 6.27. The molecule has 5 aromatic rings. The Kier molecular flexibility index (Phi) is 8.10. The average molecular weight is 553 g/mol. The minimum absolute atomic E-state index is 0.0305. The zero-order valence-electron chi connectivity index (χ0n) is 22.3. The van der Waals surface area contributed by atoms with Gasteiger partial charge in [0.1, 0.15) is 18.1 Å². The molecular weight excluding hydrogens is 524 g/mol. The summed E-state index contributed by atoms with van der Waals surface area (Å²) in [5.74, 6) is 0.616. The molecule has 10 nitrogen and oxygen atoms in total. The lowest BCUT2D eigenvalue weighted by Crippen LogP contribution is -2.42. The van der Waals surface area contributed by atoms with Gasteiger partial charge in [0, 0.05) is 11.3 Å². The van der Waals surface area contributed by atoms with Crippen molar-refractivity contribution in [3.05, 3.63) is 129 Å². The van der Waals surface area contributed by atoms with E-state index in [0.29, 0.717) is 45.8 Å². The number of hydrogen-bond acceptors (Lipinski definition) is 6. The number of para-hydroxylation sites is 1. The van der Waals surface area contributed by atoms with E-state index in [1.54, 1.807) is 84.9 Å². The van der Waals surface area contributed by atoms with Crippen LogP contribution in [0.2, 0.25) is 0 Å². The van der Waals surface area contributed by atoms with E-state index in [0.717, 1.165) is 4.57 Å². The Morgan fingerprint density at radius 3 is 2.34 bits per heavy atom. The molecule has 2 N–H and O–H groups in total. The van der Waals surface area contributed by atoms with Gasteiger partial charge in [-0.25, -0.2) is 4.79 Å². The van der Waals surface area contributed by atoms with Crippen molar-refractivity contribution in [1.29, 1.82) is 0 Å². The van der Waals surface area contributed by atoms with Crippen molar-refractivity contribution in [2.24, 2.45) is 0 Å². The molecule has 0 atom stereocenters. The molecule has 41 heavy (non-hydrogen) atoms. The minimum atomic E-state index is -0.615. The summed E-state index contributed by atoms with van der Waals surface area (Å²) in [6.07, 6.45) is 1.54. The van der Waals surface area contributed by atoms with Crippen molar-refractivity contribution in [3.8, 4) is 5.75 Å². The summed E-state index contributed by atoms with van der Waals surface area (Å²) in [4.78, 5) is 52.3. The van der Waals surface area contributed by atoms with E-state index in [4.69, 9.17) is 9.15 Å². The quantitative estimate of drug-likeness (QED) is 0.272. The number of carbonyl (C=O) groups excluding carboxylic acids is 2. The van der Waals surface area contributed by atoms with E-state index < -0.39 is 17.2 Å². The van der Waals surface area contributed by atoms with Crippen LogP contribution in [0.1, 0.15) is 28.6 Å². The molecule has 3 aromatic carbocycles. The van der Waals surface area contributed by atoms with E-state index in [9.17, 15) is 19.2 Å². The van der Waals surface area contributed by atoms with Crippen LogP contribution in [-0.2, 0) is 24.4 Å². The molecular formula is C31H28N4O6. The number of ether oxygens (including phenoxy) is 1. The van der Waals surface area contributed by atoms with Gasteiger partial charge in [0.25, 0.3) is 11.5 Å². The monoisotopic (exact) mass is 552 g/mol. The SMILES string of the molecule is CCOc1ccc(NC(=O)Cn2c(=O)n(Cc3ccc(C(=O)NCc4ccco4)cc3)c(=O)c3ccccc32)cc1. The van der Waals surface area contributed by atoms with Crippen molar-refractivity contribution >= 4 is 28.4 Å². The highest BCUT2D eigenvalue weighted by Crippen LogP contribution is 2.16. The van der Waals surface area contributed by atoms with Gasteiger partial charge in [-0.1, -0.05) is 24.3 Å². The number of carbonyl (C=O) groups is 2. The number of aromatic nitrogens is 2. The fraction of sp³-hybridized carbons (Fsp3) is 0.161. The number of nitrogens with zero attached hydrogens (tertiary/aromatic N) is 2. The molecule has 0 aliphatic heterocycles. The number of hydrogen-bond donors (Lipinski definition) is 2. The summed E-state index contributed by atoms with van der Waals surface area (Å²) in [6.45, 7) is 2.35. The van der Waals surface area contributed by atoms with Gasteiger partial charge < -0.3 is 19.8 Å². The lowest BCUT2D eigenvalue weighted by molar-refractivity contribution is -0.116. The molecule has 0 radical (unpaired) electrons. The van der Waals surface area contributed by atoms with Gasteiger partial charge in [-0.3, -0.25) is 23.5 Å². The maximum Gasteiger partial charge on any atom is 0.332 e. The van der Waals surface area contributed by atoms with E-state index in [1.807, 2.05) is 6.92 Å². The highest BCUT2D eigenvalue weighted by Gasteiger charge is 2.16. The topological polar surface area (TPSA) is 125 Å². The van der Waals surface area contributed by atoms with Crippen molar-refractivity contribution in [2.45, 2.75) is 26.6 Å². The van der Waals surface area contributed by atoms with Crippen LogP contribution < -0.4 is 26.6 Å². The standard InChI is InChI=1S/C31H28N4O6/c1-2-40-24-15-13-23(14-16-24)33-28(36)20-34-27-8-4-3-7-26(27)30(38)35(31(34)39)19-21-9-11-22(12-10-21)29(37)32-18-25-6-5-17-41-25/h3-17H,2,18-20H2,1H3,(H,32,37)(H,33,36). The van der Waals surface area contributed by atoms with Crippen LogP contribution in [0.3, 0.4) is 0 Å². The van der Waals surface area contributed by atoms with E-state index in [1.165, 1.54) is 10.8 Å². The first kappa shape index (κ1) is 27.2. The van der Waals surface area contributed by atoms with Gasteiger partial charge in [-0.2, -0.15) is 0 Å². The number of amides is 2. The van der Waals surface area contributed by atoms with Crippen molar-refractivity contribution < 1.29 is 18.7 Å². The van der Waals surface area contributed by atoms with E-state index >= 15 is 0 Å². The summed E-state index contributed by atoms with van der Waals surface area (Å²) in [5, 5.41) is 5.88. The van der Waals surface area contributed by atoms with Gasteiger partial charge in [0.15, 0.2) is 0 Å². The first-order valence-corrected chi connectivity index (χ1v) is 13.1. The Morgan fingerprint density at radius 1 is 0.878 bits per heavy atom. The molecule has 2 heterocycles. The number of furan rings is 1. The molecule has 0 fully saturated rings. The second-order valence-corrected chi connectivity index (χ2v) is 9.24. The number of benzene rings is 3. The lowest BCUT2D eigenvalue weighted by Gasteiger charge is -2.14. The molecule has 0 aliphatic carbocycles. The maximum atomic E-state index is 13.5. The molecule has 0 unspecified atom stereocenters. The van der Waals surface area contributed by atoms with Crippen LogP contribution in [0.4, 0.5) is 5.69 Å². The number of anilines is 1. The molecule has 2 aromatic heterocycles. The second-order valence-electron chi connectivity index (χ2n) is 9.24.